The number of hydrogen-bond donors (Lipinski definition) is 2. The number of hydrogen-bond acceptors (Lipinski definition) is 3. The zero-order valence-corrected chi connectivity index (χ0v) is 11.3. The van der Waals surface area contributed by atoms with Gasteiger partial charge in [-0.3, -0.25) is 9.52 Å². The number of anilines is 1. The fourth-order valence-corrected chi connectivity index (χ4v) is 2.71. The Hall–Kier alpha value is -1.27. The van der Waals surface area contributed by atoms with Crippen LogP contribution in [-0.4, -0.2) is 26.0 Å². The molecule has 0 aliphatic carbocycles. The summed E-state index contributed by atoms with van der Waals surface area (Å²) in [5.41, 5.74) is 5.70. The summed E-state index contributed by atoms with van der Waals surface area (Å²) in [5.74, 6) is -0.161. The lowest BCUT2D eigenvalue weighted by Gasteiger charge is -2.08. The van der Waals surface area contributed by atoms with Crippen LogP contribution >= 0.6 is 11.6 Å². The van der Waals surface area contributed by atoms with Gasteiger partial charge in [0.2, 0.25) is 15.9 Å². The summed E-state index contributed by atoms with van der Waals surface area (Å²) in [6, 6.07) is 6.05. The Morgan fingerprint density at radius 3 is 2.67 bits per heavy atom. The predicted molar refractivity (Wildman–Crippen MR) is 72.3 cm³/mol. The van der Waals surface area contributed by atoms with E-state index in [4.69, 9.17) is 17.3 Å². The first-order valence-electron chi connectivity index (χ1n) is 5.41. The fourth-order valence-electron chi connectivity index (χ4n) is 1.35. The molecule has 0 saturated carbocycles. The van der Waals surface area contributed by atoms with E-state index in [2.05, 4.69) is 4.72 Å². The third-order valence-corrected chi connectivity index (χ3v) is 3.86. The normalized spacial score (nSPS) is 11.2. The molecule has 0 spiro atoms. The van der Waals surface area contributed by atoms with E-state index in [1.807, 2.05) is 0 Å². The maximum absolute atomic E-state index is 11.7. The van der Waals surface area contributed by atoms with Crippen LogP contribution in [0.1, 0.15) is 23.2 Å². The van der Waals surface area contributed by atoms with Gasteiger partial charge in [-0.05, 0) is 31.0 Å². The molecule has 0 aliphatic heterocycles. The van der Waals surface area contributed by atoms with Gasteiger partial charge in [-0.1, -0.05) is 6.07 Å². The Morgan fingerprint density at radius 1 is 1.33 bits per heavy atom. The van der Waals surface area contributed by atoms with Crippen molar-refractivity contribution in [2.75, 3.05) is 16.4 Å². The zero-order valence-electron chi connectivity index (χ0n) is 9.73. The number of unbranched alkanes of at least 4 members (excludes halogenated alkanes) is 1. The van der Waals surface area contributed by atoms with Crippen molar-refractivity contribution >= 4 is 33.2 Å². The summed E-state index contributed by atoms with van der Waals surface area (Å²) >= 11 is 5.48. The quantitative estimate of drug-likeness (QED) is 0.590. The Bertz CT molecular complexity index is 517. The largest absolute Gasteiger partial charge is 0.366 e. The van der Waals surface area contributed by atoms with Crippen molar-refractivity contribution in [1.82, 2.24) is 0 Å². The Balaban J connectivity index is 2.72. The Kier molecular flexibility index (Phi) is 5.43. The van der Waals surface area contributed by atoms with Crippen LogP contribution in [0.5, 0.6) is 0 Å². The van der Waals surface area contributed by atoms with Crippen molar-refractivity contribution in [2.45, 2.75) is 12.8 Å². The first kappa shape index (κ1) is 14.8. The average molecular weight is 291 g/mol. The van der Waals surface area contributed by atoms with Gasteiger partial charge in [0.25, 0.3) is 0 Å². The Morgan fingerprint density at radius 2 is 2.06 bits per heavy atom. The molecule has 0 heterocycles. The molecule has 5 nitrogen and oxygen atoms in total. The number of amides is 1. The van der Waals surface area contributed by atoms with Crippen LogP contribution in [0.2, 0.25) is 0 Å². The average Bonchev–Trinajstić information content (AvgIpc) is 2.28. The van der Waals surface area contributed by atoms with Crippen molar-refractivity contribution in [3.8, 4) is 0 Å². The van der Waals surface area contributed by atoms with Crippen LogP contribution in [-0.2, 0) is 10.0 Å². The number of nitrogens with two attached hydrogens (primary N) is 1. The molecule has 18 heavy (non-hydrogen) atoms. The van der Waals surface area contributed by atoms with Gasteiger partial charge in [-0.15, -0.1) is 11.6 Å². The number of carbonyl (C=O) groups is 1. The molecule has 100 valence electrons. The van der Waals surface area contributed by atoms with Crippen molar-refractivity contribution in [3.63, 3.8) is 0 Å². The summed E-state index contributed by atoms with van der Waals surface area (Å²) in [4.78, 5) is 11.0. The zero-order chi connectivity index (χ0) is 13.6. The van der Waals surface area contributed by atoms with Crippen LogP contribution in [0.4, 0.5) is 5.69 Å². The number of sulfonamides is 1. The second-order valence-electron chi connectivity index (χ2n) is 3.76. The molecule has 1 aromatic carbocycles. The minimum Gasteiger partial charge on any atom is -0.366 e. The highest BCUT2D eigenvalue weighted by Gasteiger charge is 2.10. The minimum atomic E-state index is -3.41. The molecule has 0 aromatic heterocycles. The van der Waals surface area contributed by atoms with E-state index in [1.54, 1.807) is 12.1 Å². The summed E-state index contributed by atoms with van der Waals surface area (Å²) in [6.07, 6.45) is 1.14. The van der Waals surface area contributed by atoms with Gasteiger partial charge in [-0.2, -0.15) is 0 Å². The van der Waals surface area contributed by atoms with Crippen LogP contribution in [0.25, 0.3) is 0 Å². The highest BCUT2D eigenvalue weighted by atomic mass is 35.5. The number of halogens is 1. The molecule has 0 aliphatic rings. The minimum absolute atomic E-state index is 0.000515. The first-order chi connectivity index (χ1) is 8.44. The molecule has 0 fully saturated rings. The summed E-state index contributed by atoms with van der Waals surface area (Å²) in [7, 11) is -3.41. The third-order valence-electron chi connectivity index (χ3n) is 2.22. The lowest BCUT2D eigenvalue weighted by molar-refractivity contribution is 0.100. The lowest BCUT2D eigenvalue weighted by atomic mass is 10.2. The molecule has 0 saturated heterocycles. The van der Waals surface area contributed by atoms with Gasteiger partial charge in [0, 0.05) is 17.1 Å². The van der Waals surface area contributed by atoms with Gasteiger partial charge >= 0.3 is 0 Å². The molecule has 0 unspecified atom stereocenters. The van der Waals surface area contributed by atoms with Gasteiger partial charge in [-0.25, -0.2) is 8.42 Å². The van der Waals surface area contributed by atoms with Crippen molar-refractivity contribution in [1.29, 1.82) is 0 Å². The van der Waals surface area contributed by atoms with E-state index in [1.165, 1.54) is 12.1 Å². The van der Waals surface area contributed by atoms with Gasteiger partial charge in [0.15, 0.2) is 0 Å². The second-order valence-corrected chi connectivity index (χ2v) is 5.98. The number of carbonyl (C=O) groups excluding carboxylic acids is 1. The van der Waals surface area contributed by atoms with Crippen LogP contribution in [0.3, 0.4) is 0 Å². The maximum atomic E-state index is 11.7. The number of rotatable bonds is 7. The smallest absolute Gasteiger partial charge is 0.248 e. The SMILES string of the molecule is NC(=O)c1cccc(NS(=O)(=O)CCCCCl)c1. The monoisotopic (exact) mass is 290 g/mol. The fraction of sp³-hybridized carbons (Fsp3) is 0.364. The van der Waals surface area contributed by atoms with Crippen molar-refractivity contribution < 1.29 is 13.2 Å². The number of alkyl halides is 1. The summed E-state index contributed by atoms with van der Waals surface area (Å²) in [5, 5.41) is 0. The predicted octanol–water partition coefficient (Wildman–Crippen LogP) is 1.55. The number of benzene rings is 1. The van der Waals surface area contributed by atoms with Crippen LogP contribution in [0, 0.1) is 0 Å². The Labute approximate surface area is 111 Å². The van der Waals surface area contributed by atoms with E-state index < -0.39 is 15.9 Å². The standard InChI is InChI=1S/C11H15ClN2O3S/c12-6-1-2-7-18(16,17)14-10-5-3-4-9(8-10)11(13)15/h3-5,8,14H,1-2,6-7H2,(H2,13,15). The van der Waals surface area contributed by atoms with E-state index >= 15 is 0 Å². The molecule has 3 N–H and O–H groups in total. The van der Waals surface area contributed by atoms with E-state index in [0.29, 0.717) is 24.4 Å². The molecule has 7 heteroatoms. The van der Waals surface area contributed by atoms with Gasteiger partial charge in [0.05, 0.1) is 5.75 Å². The van der Waals surface area contributed by atoms with Gasteiger partial charge < -0.3 is 5.73 Å². The van der Waals surface area contributed by atoms with Crippen molar-refractivity contribution in [3.05, 3.63) is 29.8 Å². The molecule has 1 rings (SSSR count). The number of nitrogens with one attached hydrogen (secondary N) is 1. The van der Waals surface area contributed by atoms with Crippen LogP contribution < -0.4 is 10.5 Å². The summed E-state index contributed by atoms with van der Waals surface area (Å²) in [6.45, 7) is 0. The molecule has 0 radical (unpaired) electrons. The molecular formula is C11H15ClN2O3S. The highest BCUT2D eigenvalue weighted by molar-refractivity contribution is 7.92. The highest BCUT2D eigenvalue weighted by Crippen LogP contribution is 2.12. The molecule has 1 amide bonds. The second kappa shape index (κ2) is 6.61. The molecule has 0 bridgehead atoms. The van der Waals surface area contributed by atoms with E-state index in [9.17, 15) is 13.2 Å². The van der Waals surface area contributed by atoms with Crippen molar-refractivity contribution in [2.24, 2.45) is 5.73 Å². The molecule has 0 atom stereocenters. The lowest BCUT2D eigenvalue weighted by Crippen LogP contribution is -2.17. The maximum Gasteiger partial charge on any atom is 0.248 e. The number of primary amides is 1. The molecule has 1 aromatic rings. The van der Waals surface area contributed by atoms with E-state index in [0.717, 1.165) is 0 Å². The van der Waals surface area contributed by atoms with Gasteiger partial charge in [0.1, 0.15) is 0 Å². The van der Waals surface area contributed by atoms with E-state index in [-0.39, 0.29) is 11.3 Å². The first-order valence-corrected chi connectivity index (χ1v) is 7.59. The molecular weight excluding hydrogens is 276 g/mol. The topological polar surface area (TPSA) is 89.3 Å². The summed E-state index contributed by atoms with van der Waals surface area (Å²) < 4.78 is 25.8. The van der Waals surface area contributed by atoms with Crippen LogP contribution in [0.15, 0.2) is 24.3 Å². The third kappa shape index (κ3) is 4.93.